The normalized spacial score (nSPS) is 36.4. The molecule has 0 aromatic carbocycles. The first-order chi connectivity index (χ1) is 2.21. The van der Waals surface area contributed by atoms with E-state index >= 15 is 0 Å². The Morgan fingerprint density at radius 1 is 1.60 bits per heavy atom. The molecule has 5 heteroatoms. The van der Waals surface area contributed by atoms with E-state index in [9.17, 15) is 0 Å². The predicted molar refractivity (Wildman–Crippen MR) is 21.4 cm³/mol. The van der Waals surface area contributed by atoms with E-state index in [0.29, 0.717) is 0 Å². The van der Waals surface area contributed by atoms with Crippen molar-refractivity contribution in [1.82, 2.24) is 0 Å². The third kappa shape index (κ3) is 1.03. The number of hydrogen-bond donors (Lipinski definition) is 2. The Bertz CT molecular complexity index is 44.9. The zero-order valence-corrected chi connectivity index (χ0v) is 4.03. The first-order valence-electron chi connectivity index (χ1n) is 1.02. The van der Waals surface area contributed by atoms with Gasteiger partial charge in [-0.3, -0.25) is 0 Å². The van der Waals surface area contributed by atoms with Gasteiger partial charge >= 0.3 is 32.6 Å². The molecule has 0 unspecified atom stereocenters. The van der Waals surface area contributed by atoms with E-state index in [-0.39, 0.29) is 0 Å². The molecule has 0 radical (unpaired) electrons. The molecule has 0 amide bonds. The van der Waals surface area contributed by atoms with Crippen molar-refractivity contribution in [3.8, 4) is 0 Å². The maximum atomic E-state index is 8.07. The van der Waals surface area contributed by atoms with Crippen LogP contribution in [0.3, 0.4) is 0 Å². The van der Waals surface area contributed by atoms with Crippen LogP contribution >= 0.6 is 18.8 Å². The first-order valence-corrected chi connectivity index (χ1v) is 4.29. The Morgan fingerprint density at radius 2 is 1.80 bits per heavy atom. The van der Waals surface area contributed by atoms with Crippen molar-refractivity contribution in [2.75, 3.05) is 0 Å². The molecule has 0 bridgehead atoms. The summed E-state index contributed by atoms with van der Waals surface area (Å²) in [6, 6.07) is 0. The van der Waals surface area contributed by atoms with Gasteiger partial charge in [-0.2, -0.15) is 0 Å². The predicted octanol–water partition coefficient (Wildman–Crippen LogP) is 0.0593. The van der Waals surface area contributed by atoms with Gasteiger partial charge in [-0.05, 0) is 0 Å². The summed E-state index contributed by atoms with van der Waals surface area (Å²) in [7, 11) is -2.94. The molecule has 0 aliphatic carbocycles. The van der Waals surface area contributed by atoms with E-state index in [1.807, 2.05) is 0 Å². The molecule has 1 saturated heterocycles. The van der Waals surface area contributed by atoms with Crippen LogP contribution in [0, 0.1) is 0 Å². The van der Waals surface area contributed by atoms with Crippen LogP contribution in [0.2, 0.25) is 0 Å². The fourth-order valence-electron chi connectivity index (χ4n) is 0.0373. The summed E-state index contributed by atoms with van der Waals surface area (Å²) >= 11 is 0.775. The molecule has 5 heavy (non-hydrogen) atoms. The second-order valence-electron chi connectivity index (χ2n) is 0.715. The van der Waals surface area contributed by atoms with Crippen LogP contribution in [-0.4, -0.2) is 9.79 Å². The average molecular weight is 114 g/mol. The van der Waals surface area contributed by atoms with E-state index < -0.39 is 7.15 Å². The summed E-state index contributed by atoms with van der Waals surface area (Å²) in [4.78, 5) is 16.1. The molecular weight excluding hydrogens is 111 g/mol. The molecule has 0 atom stereocenters. The van der Waals surface area contributed by atoms with Crippen LogP contribution in [0.1, 0.15) is 0 Å². The van der Waals surface area contributed by atoms with Crippen LogP contribution in [0.15, 0.2) is 0 Å². The third-order valence-electron chi connectivity index (χ3n) is 0.232. The summed E-state index contributed by atoms with van der Waals surface area (Å²) in [5.74, 6) is 0. The molecule has 1 rings (SSSR count). The number of rotatable bonds is 0. The molecule has 3 nitrogen and oxygen atoms in total. The summed E-state index contributed by atoms with van der Waals surface area (Å²) < 4.78 is 4.06. The van der Waals surface area contributed by atoms with Gasteiger partial charge in [-0.1, -0.05) is 0 Å². The molecule has 1 fully saturated rings. The van der Waals surface area contributed by atoms with Crippen LogP contribution in [0.4, 0.5) is 0 Å². The maximum absolute atomic E-state index is 8.07. The zero-order valence-electron chi connectivity index (χ0n) is 2.21. The van der Waals surface area contributed by atoms with Crippen LogP contribution in [0.5, 0.6) is 0 Å². The van der Waals surface area contributed by atoms with Crippen LogP contribution in [0.25, 0.3) is 0 Å². The zero-order chi connectivity index (χ0) is 3.91. The van der Waals surface area contributed by atoms with Gasteiger partial charge < -0.3 is 0 Å². The van der Waals surface area contributed by atoms with E-state index in [2.05, 4.69) is 3.97 Å². The molecule has 32 valence electrons. The summed E-state index contributed by atoms with van der Waals surface area (Å²) in [5, 5.41) is 0. The summed E-state index contributed by atoms with van der Waals surface area (Å²) in [6.45, 7) is 0. The topological polar surface area (TPSA) is 53.0 Å². The Balaban J connectivity index is 2.38. The van der Waals surface area contributed by atoms with Crippen molar-refractivity contribution < 1.29 is 13.8 Å². The Morgan fingerprint density at radius 3 is 1.80 bits per heavy atom. The monoisotopic (exact) mass is 114 g/mol. The molecule has 0 spiro atoms. The van der Waals surface area contributed by atoms with Gasteiger partial charge in [0.2, 0.25) is 0 Å². The summed E-state index contributed by atoms with van der Waals surface area (Å²) in [6.07, 6.45) is 0. The standard InChI is InChI=1S/H3O3PS/c1-4(2)3-5-4/h1-2,4H. The molecular formula is H3O3PS. The fraction of sp³-hybridized carbons (Fsp3) is 0. The van der Waals surface area contributed by atoms with Gasteiger partial charge in [-0.25, -0.2) is 0 Å². The molecule has 1 aliphatic heterocycles. The second-order valence-corrected chi connectivity index (χ2v) is 4.74. The molecule has 2 N–H and O–H groups in total. The van der Waals surface area contributed by atoms with Gasteiger partial charge in [0.25, 0.3) is 0 Å². The molecule has 0 saturated carbocycles. The first kappa shape index (κ1) is 3.84. The van der Waals surface area contributed by atoms with Crippen molar-refractivity contribution in [2.24, 2.45) is 0 Å². The van der Waals surface area contributed by atoms with E-state index in [1.54, 1.807) is 0 Å². The van der Waals surface area contributed by atoms with Crippen LogP contribution in [-0.2, 0) is 3.97 Å². The number of hydrogen-bond acceptors (Lipinski definition) is 4. The molecule has 0 aromatic heterocycles. The van der Waals surface area contributed by atoms with Crippen molar-refractivity contribution in [3.05, 3.63) is 0 Å². The average Bonchev–Trinajstić information content (AvgIpc) is 1.76. The summed E-state index contributed by atoms with van der Waals surface area (Å²) in [5.41, 5.74) is 0. The van der Waals surface area contributed by atoms with E-state index in [0.717, 1.165) is 11.7 Å². The minimum atomic E-state index is -2.94. The molecule has 1 aliphatic rings. The van der Waals surface area contributed by atoms with Crippen molar-refractivity contribution in [3.63, 3.8) is 0 Å². The van der Waals surface area contributed by atoms with Crippen LogP contribution < -0.4 is 0 Å². The molecule has 1 heterocycles. The van der Waals surface area contributed by atoms with Gasteiger partial charge in [0, 0.05) is 0 Å². The van der Waals surface area contributed by atoms with Crippen molar-refractivity contribution >= 4 is 18.8 Å². The van der Waals surface area contributed by atoms with Gasteiger partial charge in [0.1, 0.15) is 0 Å². The Labute approximate surface area is 33.5 Å². The SMILES string of the molecule is O[PH]1(O)OS1. The van der Waals surface area contributed by atoms with Crippen molar-refractivity contribution in [2.45, 2.75) is 0 Å². The Hall–Kier alpha value is 0.660. The quantitative estimate of drug-likeness (QED) is 0.265. The van der Waals surface area contributed by atoms with Gasteiger partial charge in [0.05, 0.1) is 0 Å². The second kappa shape index (κ2) is 0.832. The van der Waals surface area contributed by atoms with E-state index in [1.165, 1.54) is 0 Å². The minimum absolute atomic E-state index is 0.775. The van der Waals surface area contributed by atoms with Gasteiger partial charge in [-0.15, -0.1) is 0 Å². The van der Waals surface area contributed by atoms with Crippen molar-refractivity contribution in [1.29, 1.82) is 0 Å². The third-order valence-corrected chi connectivity index (χ3v) is 2.09. The fourth-order valence-corrected chi connectivity index (χ4v) is 1.01. The Kier molecular flexibility index (Phi) is 0.639. The molecule has 0 aromatic rings. The van der Waals surface area contributed by atoms with Gasteiger partial charge in [0.15, 0.2) is 0 Å². The van der Waals surface area contributed by atoms with E-state index in [4.69, 9.17) is 9.79 Å².